The standard InChI is InChI=1S/C28H36N2OS2/c1-22(2)25-16-15-24(27(31)26-14-11-21-32-26)28(29-25)33-20-10-5-4-9-18-30(3)19-17-23-12-7-6-8-13-23/h6-8,11-16,21-22H,4-5,9-10,17-20H2,1-3H3. The zero-order chi connectivity index (χ0) is 23.5. The Labute approximate surface area is 207 Å². The fraction of sp³-hybridized carbons (Fsp3) is 0.429. The number of carbonyl (C=O) groups excluding carboxylic acids is 1. The van der Waals surface area contributed by atoms with Crippen molar-refractivity contribution < 1.29 is 4.79 Å². The molecule has 0 aliphatic carbocycles. The van der Waals surface area contributed by atoms with Gasteiger partial charge in [0.05, 0.1) is 10.4 Å². The van der Waals surface area contributed by atoms with Crippen molar-refractivity contribution in [2.24, 2.45) is 0 Å². The molecule has 0 spiro atoms. The highest BCUT2D eigenvalue weighted by Crippen LogP contribution is 2.28. The topological polar surface area (TPSA) is 33.2 Å². The van der Waals surface area contributed by atoms with Gasteiger partial charge in [0, 0.05) is 12.2 Å². The van der Waals surface area contributed by atoms with Crippen LogP contribution in [-0.2, 0) is 6.42 Å². The Hall–Kier alpha value is -1.95. The summed E-state index contributed by atoms with van der Waals surface area (Å²) in [4.78, 5) is 21.0. The first-order valence-electron chi connectivity index (χ1n) is 12.0. The van der Waals surface area contributed by atoms with Crippen molar-refractivity contribution in [3.8, 4) is 0 Å². The van der Waals surface area contributed by atoms with Crippen molar-refractivity contribution in [2.75, 3.05) is 25.9 Å². The number of hydrogen-bond acceptors (Lipinski definition) is 5. The molecule has 0 fully saturated rings. The smallest absolute Gasteiger partial charge is 0.205 e. The lowest BCUT2D eigenvalue weighted by Gasteiger charge is -2.16. The quantitative estimate of drug-likeness (QED) is 0.137. The van der Waals surface area contributed by atoms with Gasteiger partial charge in [0.15, 0.2) is 0 Å². The van der Waals surface area contributed by atoms with Gasteiger partial charge in [-0.05, 0) is 73.7 Å². The highest BCUT2D eigenvalue weighted by Gasteiger charge is 2.17. The van der Waals surface area contributed by atoms with Crippen LogP contribution in [0.2, 0.25) is 0 Å². The molecule has 2 heterocycles. The lowest BCUT2D eigenvalue weighted by atomic mass is 10.1. The number of unbranched alkanes of at least 4 members (excludes halogenated alkanes) is 3. The number of ketones is 1. The molecule has 0 aliphatic heterocycles. The lowest BCUT2D eigenvalue weighted by Crippen LogP contribution is -2.22. The predicted molar refractivity (Wildman–Crippen MR) is 143 cm³/mol. The van der Waals surface area contributed by atoms with E-state index in [4.69, 9.17) is 4.98 Å². The molecule has 0 unspecified atom stereocenters. The first-order valence-corrected chi connectivity index (χ1v) is 13.9. The van der Waals surface area contributed by atoms with Crippen LogP contribution in [0.4, 0.5) is 0 Å². The monoisotopic (exact) mass is 480 g/mol. The van der Waals surface area contributed by atoms with Crippen molar-refractivity contribution in [3.05, 3.63) is 81.7 Å². The second kappa shape index (κ2) is 13.7. The molecule has 0 saturated carbocycles. The number of rotatable bonds is 14. The third-order valence-corrected chi connectivity index (χ3v) is 7.71. The Morgan fingerprint density at radius 2 is 1.76 bits per heavy atom. The van der Waals surface area contributed by atoms with Crippen molar-refractivity contribution >= 4 is 28.9 Å². The van der Waals surface area contributed by atoms with Crippen LogP contribution in [0, 0.1) is 0 Å². The summed E-state index contributed by atoms with van der Waals surface area (Å²) in [6, 6.07) is 18.5. The fourth-order valence-electron chi connectivity index (χ4n) is 3.68. The SMILES string of the molecule is CC(C)c1ccc(C(=O)c2cccs2)c(SCCCCCCN(C)CCc2ccccc2)n1. The molecular formula is C28H36N2OS2. The second-order valence-electron chi connectivity index (χ2n) is 8.85. The number of likely N-dealkylation sites (N-methyl/N-ethyl adjacent to an activating group) is 1. The van der Waals surface area contributed by atoms with Gasteiger partial charge in [-0.25, -0.2) is 4.98 Å². The second-order valence-corrected chi connectivity index (χ2v) is 10.9. The normalized spacial score (nSPS) is 11.4. The maximum Gasteiger partial charge on any atom is 0.205 e. The average Bonchev–Trinajstić information content (AvgIpc) is 3.37. The van der Waals surface area contributed by atoms with E-state index in [-0.39, 0.29) is 5.78 Å². The van der Waals surface area contributed by atoms with Crippen LogP contribution in [0.15, 0.2) is 65.0 Å². The molecular weight excluding hydrogens is 444 g/mol. The number of pyridine rings is 1. The third kappa shape index (κ3) is 8.40. The molecule has 33 heavy (non-hydrogen) atoms. The molecule has 5 heteroatoms. The molecule has 0 N–H and O–H groups in total. The summed E-state index contributed by atoms with van der Waals surface area (Å²) in [5.41, 5.74) is 3.21. The van der Waals surface area contributed by atoms with E-state index in [2.05, 4.69) is 56.1 Å². The maximum atomic E-state index is 12.9. The van der Waals surface area contributed by atoms with Gasteiger partial charge in [0.2, 0.25) is 5.78 Å². The van der Waals surface area contributed by atoms with E-state index in [9.17, 15) is 4.79 Å². The van der Waals surface area contributed by atoms with E-state index in [1.807, 2.05) is 29.6 Å². The van der Waals surface area contributed by atoms with Crippen LogP contribution in [0.3, 0.4) is 0 Å². The summed E-state index contributed by atoms with van der Waals surface area (Å²) >= 11 is 3.23. The van der Waals surface area contributed by atoms with Gasteiger partial charge in [-0.3, -0.25) is 4.79 Å². The minimum absolute atomic E-state index is 0.0915. The molecule has 3 nitrogen and oxygen atoms in total. The lowest BCUT2D eigenvalue weighted by molar-refractivity contribution is 0.103. The van der Waals surface area contributed by atoms with Crippen molar-refractivity contribution in [3.63, 3.8) is 0 Å². The first kappa shape index (κ1) is 25.7. The number of thiophene rings is 1. The van der Waals surface area contributed by atoms with Gasteiger partial charge >= 0.3 is 0 Å². The van der Waals surface area contributed by atoms with Crippen molar-refractivity contribution in [2.45, 2.75) is 56.9 Å². The molecule has 0 saturated heterocycles. The maximum absolute atomic E-state index is 12.9. The zero-order valence-electron chi connectivity index (χ0n) is 20.1. The Kier molecular flexibility index (Phi) is 10.6. The van der Waals surface area contributed by atoms with Gasteiger partial charge in [0.25, 0.3) is 0 Å². The first-order chi connectivity index (χ1) is 16.0. The number of aromatic nitrogens is 1. The van der Waals surface area contributed by atoms with Crippen LogP contribution in [0.25, 0.3) is 0 Å². The van der Waals surface area contributed by atoms with E-state index in [0.29, 0.717) is 5.92 Å². The minimum atomic E-state index is 0.0915. The number of hydrogen-bond donors (Lipinski definition) is 0. The van der Waals surface area contributed by atoms with E-state index in [1.165, 1.54) is 36.2 Å². The Bertz CT molecular complexity index is 971. The zero-order valence-corrected chi connectivity index (χ0v) is 21.8. The molecule has 2 aromatic heterocycles. The van der Waals surface area contributed by atoms with E-state index in [0.717, 1.165) is 52.8 Å². The van der Waals surface area contributed by atoms with E-state index < -0.39 is 0 Å². The van der Waals surface area contributed by atoms with E-state index in [1.54, 1.807) is 11.8 Å². The number of benzene rings is 1. The fourth-order valence-corrected chi connectivity index (χ4v) is 5.39. The third-order valence-electron chi connectivity index (χ3n) is 5.76. The molecule has 0 atom stereocenters. The molecule has 3 aromatic rings. The van der Waals surface area contributed by atoms with Gasteiger partial charge < -0.3 is 4.90 Å². The minimum Gasteiger partial charge on any atom is -0.306 e. The predicted octanol–water partition coefficient (Wildman–Crippen LogP) is 7.32. The molecule has 0 aliphatic rings. The Morgan fingerprint density at radius 3 is 2.48 bits per heavy atom. The summed E-state index contributed by atoms with van der Waals surface area (Å²) in [6.45, 7) is 6.55. The molecule has 1 aromatic carbocycles. The van der Waals surface area contributed by atoms with Gasteiger partial charge in [-0.15, -0.1) is 23.1 Å². The Morgan fingerprint density at radius 1 is 0.970 bits per heavy atom. The van der Waals surface area contributed by atoms with Gasteiger partial charge in [-0.1, -0.05) is 63.1 Å². The summed E-state index contributed by atoms with van der Waals surface area (Å²) < 4.78 is 0. The molecule has 0 amide bonds. The summed E-state index contributed by atoms with van der Waals surface area (Å²) in [5.74, 6) is 1.45. The van der Waals surface area contributed by atoms with E-state index >= 15 is 0 Å². The largest absolute Gasteiger partial charge is 0.306 e. The molecule has 3 rings (SSSR count). The van der Waals surface area contributed by atoms with Crippen molar-refractivity contribution in [1.82, 2.24) is 9.88 Å². The Balaban J connectivity index is 1.39. The van der Waals surface area contributed by atoms with Crippen LogP contribution < -0.4 is 0 Å². The summed E-state index contributed by atoms with van der Waals surface area (Å²) in [6.07, 6.45) is 5.97. The number of thioether (sulfide) groups is 1. The highest BCUT2D eigenvalue weighted by atomic mass is 32.2. The summed E-state index contributed by atoms with van der Waals surface area (Å²) in [5, 5.41) is 2.84. The van der Waals surface area contributed by atoms with Crippen LogP contribution in [0.5, 0.6) is 0 Å². The van der Waals surface area contributed by atoms with Crippen molar-refractivity contribution in [1.29, 1.82) is 0 Å². The molecule has 0 radical (unpaired) electrons. The van der Waals surface area contributed by atoms with Crippen LogP contribution >= 0.6 is 23.1 Å². The van der Waals surface area contributed by atoms with Gasteiger partial charge in [-0.2, -0.15) is 0 Å². The molecule has 0 bridgehead atoms. The van der Waals surface area contributed by atoms with Crippen LogP contribution in [0.1, 0.15) is 71.9 Å². The van der Waals surface area contributed by atoms with Gasteiger partial charge in [0.1, 0.15) is 5.03 Å². The average molecular weight is 481 g/mol. The number of carbonyl (C=O) groups is 1. The van der Waals surface area contributed by atoms with Crippen LogP contribution in [-0.4, -0.2) is 41.6 Å². The summed E-state index contributed by atoms with van der Waals surface area (Å²) in [7, 11) is 2.22. The molecule has 176 valence electrons. The number of nitrogens with zero attached hydrogens (tertiary/aromatic N) is 2. The highest BCUT2D eigenvalue weighted by molar-refractivity contribution is 7.99.